The van der Waals surface area contributed by atoms with Crippen molar-refractivity contribution in [3.05, 3.63) is 69.7 Å². The number of nitrogens with one attached hydrogen (secondary N) is 1. The number of benzene rings is 2. The molecule has 1 heterocycles. The lowest BCUT2D eigenvalue weighted by Gasteiger charge is -2.14. The molecule has 1 aliphatic rings. The minimum Gasteiger partial charge on any atom is -0.320 e. The first-order valence-corrected chi connectivity index (χ1v) is 9.56. The summed E-state index contributed by atoms with van der Waals surface area (Å²) >= 11 is 12.0. The number of hydrogen-bond donors (Lipinski definition) is 1. The smallest absolute Gasteiger partial charge is 0.280 e. The molecule has 1 N–H and O–H groups in total. The summed E-state index contributed by atoms with van der Waals surface area (Å²) in [6, 6.07) is 14.7. The molecule has 27 heavy (non-hydrogen) atoms. The van der Waals surface area contributed by atoms with Crippen LogP contribution in [0.5, 0.6) is 0 Å². The number of anilines is 1. The summed E-state index contributed by atoms with van der Waals surface area (Å²) in [4.78, 5) is 13.2. The van der Waals surface area contributed by atoms with Gasteiger partial charge in [0, 0.05) is 10.0 Å². The van der Waals surface area contributed by atoms with Crippen LogP contribution < -0.4 is 10.3 Å². The van der Waals surface area contributed by atoms with E-state index in [0.717, 1.165) is 30.5 Å². The Morgan fingerprint density at radius 1 is 1.04 bits per heavy atom. The molecule has 0 fully saturated rings. The van der Waals surface area contributed by atoms with Crippen molar-refractivity contribution < 1.29 is 4.79 Å². The van der Waals surface area contributed by atoms with E-state index >= 15 is 0 Å². The van der Waals surface area contributed by atoms with Gasteiger partial charge >= 0.3 is 0 Å². The molecule has 0 aromatic heterocycles. The van der Waals surface area contributed by atoms with Crippen LogP contribution in [-0.4, -0.2) is 25.2 Å². The van der Waals surface area contributed by atoms with Gasteiger partial charge in [0.1, 0.15) is 0 Å². The van der Waals surface area contributed by atoms with E-state index in [-0.39, 0.29) is 5.91 Å². The third-order valence-corrected chi connectivity index (χ3v) is 4.94. The maximum atomic E-state index is 13.2. The molecule has 0 spiro atoms. The second kappa shape index (κ2) is 8.70. The largest absolute Gasteiger partial charge is 0.320 e. The van der Waals surface area contributed by atoms with Crippen molar-refractivity contribution in [1.82, 2.24) is 5.32 Å². The second-order valence-electron chi connectivity index (χ2n) is 6.35. The average molecular weight is 402 g/mol. The first-order valence-electron chi connectivity index (χ1n) is 8.80. The predicted octanol–water partition coefficient (Wildman–Crippen LogP) is 5.17. The Kier molecular flexibility index (Phi) is 6.32. The van der Waals surface area contributed by atoms with Crippen LogP contribution >= 0.6 is 23.2 Å². The van der Waals surface area contributed by atoms with Crippen molar-refractivity contribution in [3.63, 3.8) is 0 Å². The first-order chi connectivity index (χ1) is 13.0. The van der Waals surface area contributed by atoms with Gasteiger partial charge in [-0.3, -0.25) is 4.79 Å². The highest BCUT2D eigenvalue weighted by atomic mass is 35.5. The molecule has 0 radical (unpaired) electrons. The van der Waals surface area contributed by atoms with E-state index in [1.165, 1.54) is 5.01 Å². The molecule has 3 rings (SSSR count). The fraction of sp³-hybridized carbons (Fsp3) is 0.238. The summed E-state index contributed by atoms with van der Waals surface area (Å²) in [5.41, 5.74) is 4.05. The Bertz CT molecular complexity index is 887. The number of hydrogen-bond acceptors (Lipinski definition) is 3. The molecule has 0 aliphatic carbocycles. The number of carbonyl (C=O) groups excluding carboxylic acids is 1. The topological polar surface area (TPSA) is 44.7 Å². The second-order valence-corrected chi connectivity index (χ2v) is 7.22. The summed E-state index contributed by atoms with van der Waals surface area (Å²) in [6.07, 6.45) is 1.68. The van der Waals surface area contributed by atoms with Gasteiger partial charge in [-0.1, -0.05) is 35.3 Å². The fourth-order valence-electron chi connectivity index (χ4n) is 3.12. The van der Waals surface area contributed by atoms with E-state index in [1.807, 2.05) is 38.2 Å². The average Bonchev–Trinajstić information content (AvgIpc) is 2.95. The Hall–Kier alpha value is -2.14. The van der Waals surface area contributed by atoms with Gasteiger partial charge in [-0.2, -0.15) is 10.1 Å². The van der Waals surface area contributed by atoms with Crippen LogP contribution in [0, 0.1) is 0 Å². The lowest BCUT2D eigenvalue weighted by atomic mass is 9.93. The molecule has 1 amide bonds. The fourth-order valence-corrected chi connectivity index (χ4v) is 3.37. The van der Waals surface area contributed by atoms with Crippen LogP contribution in [0.3, 0.4) is 0 Å². The van der Waals surface area contributed by atoms with Crippen LogP contribution in [0.4, 0.5) is 5.69 Å². The van der Waals surface area contributed by atoms with E-state index in [0.29, 0.717) is 27.0 Å². The highest BCUT2D eigenvalue weighted by molar-refractivity contribution is 6.34. The number of amides is 1. The van der Waals surface area contributed by atoms with E-state index < -0.39 is 0 Å². The lowest BCUT2D eigenvalue weighted by Crippen LogP contribution is -2.22. The van der Waals surface area contributed by atoms with Crippen LogP contribution in [0.2, 0.25) is 10.0 Å². The predicted molar refractivity (Wildman–Crippen MR) is 114 cm³/mol. The minimum absolute atomic E-state index is 0.121. The molecule has 0 unspecified atom stereocenters. The maximum absolute atomic E-state index is 13.2. The SMILES string of the molecule is CNCCC/C(=C1\C(=O)N(c2ccc(Cl)cc2)N=C1C)c1ccc(Cl)cc1. The number of nitrogens with zero attached hydrogens (tertiary/aromatic N) is 2. The molecule has 0 atom stereocenters. The quantitative estimate of drug-likeness (QED) is 0.535. The molecule has 2 aromatic rings. The molecule has 140 valence electrons. The molecular formula is C21H21Cl2N3O. The highest BCUT2D eigenvalue weighted by Crippen LogP contribution is 2.32. The van der Waals surface area contributed by atoms with Gasteiger partial charge in [0.05, 0.1) is 17.0 Å². The maximum Gasteiger partial charge on any atom is 0.280 e. The van der Waals surface area contributed by atoms with Gasteiger partial charge in [-0.25, -0.2) is 0 Å². The third kappa shape index (κ3) is 4.41. The summed E-state index contributed by atoms with van der Waals surface area (Å²) in [7, 11) is 1.92. The Morgan fingerprint density at radius 2 is 1.63 bits per heavy atom. The summed E-state index contributed by atoms with van der Waals surface area (Å²) < 4.78 is 0. The van der Waals surface area contributed by atoms with Crippen molar-refractivity contribution in [2.24, 2.45) is 5.10 Å². The zero-order valence-corrected chi connectivity index (χ0v) is 16.8. The normalized spacial score (nSPS) is 15.9. The van der Waals surface area contributed by atoms with E-state index in [1.54, 1.807) is 24.3 Å². The Labute approximate surface area is 169 Å². The highest BCUT2D eigenvalue weighted by Gasteiger charge is 2.31. The van der Waals surface area contributed by atoms with Gasteiger partial charge in [-0.05, 0) is 80.9 Å². The van der Waals surface area contributed by atoms with E-state index in [4.69, 9.17) is 23.2 Å². The molecule has 6 heteroatoms. The Morgan fingerprint density at radius 3 is 2.22 bits per heavy atom. The summed E-state index contributed by atoms with van der Waals surface area (Å²) in [5, 5.41) is 10.4. The van der Waals surface area contributed by atoms with E-state index in [2.05, 4.69) is 10.4 Å². The molecule has 0 bridgehead atoms. The standard InChI is InChI=1S/C21H21Cl2N3O/c1-14-20(21(27)26(25-14)18-11-9-17(23)10-12-18)19(4-3-13-24-2)15-5-7-16(22)8-6-15/h5-12,24H,3-4,13H2,1-2H3/b20-19+. The number of halogens is 2. The zero-order valence-electron chi connectivity index (χ0n) is 15.3. The summed E-state index contributed by atoms with van der Waals surface area (Å²) in [5.74, 6) is -0.121. The van der Waals surface area contributed by atoms with E-state index in [9.17, 15) is 4.79 Å². The molecule has 2 aromatic carbocycles. The zero-order chi connectivity index (χ0) is 19.4. The number of rotatable bonds is 6. The number of carbonyl (C=O) groups is 1. The van der Waals surface area contributed by atoms with Gasteiger partial charge in [0.2, 0.25) is 0 Å². The van der Waals surface area contributed by atoms with Gasteiger partial charge in [-0.15, -0.1) is 0 Å². The van der Waals surface area contributed by atoms with Crippen LogP contribution in [-0.2, 0) is 4.79 Å². The lowest BCUT2D eigenvalue weighted by molar-refractivity contribution is -0.114. The van der Waals surface area contributed by atoms with Crippen LogP contribution in [0.1, 0.15) is 25.3 Å². The van der Waals surface area contributed by atoms with Gasteiger partial charge in [0.25, 0.3) is 5.91 Å². The van der Waals surface area contributed by atoms with Crippen LogP contribution in [0.15, 0.2) is 59.2 Å². The van der Waals surface area contributed by atoms with Crippen molar-refractivity contribution >= 4 is 46.1 Å². The molecule has 1 aliphatic heterocycles. The molecule has 0 saturated carbocycles. The van der Waals surface area contributed by atoms with Crippen molar-refractivity contribution in [1.29, 1.82) is 0 Å². The number of allylic oxidation sites excluding steroid dienone is 1. The molecular weight excluding hydrogens is 381 g/mol. The van der Waals surface area contributed by atoms with Gasteiger partial charge in [0.15, 0.2) is 0 Å². The first kappa shape index (κ1) is 19.6. The van der Waals surface area contributed by atoms with Crippen molar-refractivity contribution in [2.75, 3.05) is 18.6 Å². The third-order valence-electron chi connectivity index (χ3n) is 4.44. The Balaban J connectivity index is 2.02. The van der Waals surface area contributed by atoms with Crippen molar-refractivity contribution in [3.8, 4) is 0 Å². The number of hydrazone groups is 1. The monoisotopic (exact) mass is 401 g/mol. The summed E-state index contributed by atoms with van der Waals surface area (Å²) in [6.45, 7) is 2.74. The molecule has 4 nitrogen and oxygen atoms in total. The van der Waals surface area contributed by atoms with Gasteiger partial charge < -0.3 is 5.32 Å². The van der Waals surface area contributed by atoms with Crippen molar-refractivity contribution in [2.45, 2.75) is 19.8 Å². The molecule has 0 saturated heterocycles. The van der Waals surface area contributed by atoms with Crippen LogP contribution in [0.25, 0.3) is 5.57 Å². The minimum atomic E-state index is -0.121.